The molecule has 4 nitrogen and oxygen atoms in total. The van der Waals surface area contributed by atoms with Crippen molar-refractivity contribution in [1.29, 1.82) is 0 Å². The highest BCUT2D eigenvalue weighted by Crippen LogP contribution is 2.60. The third-order valence-corrected chi connectivity index (χ3v) is 7.78. The Morgan fingerprint density at radius 2 is 1.37 bits per heavy atom. The summed E-state index contributed by atoms with van der Waals surface area (Å²) in [6, 6.07) is 7.20. The highest BCUT2D eigenvalue weighted by Gasteiger charge is 2.55. The van der Waals surface area contributed by atoms with Crippen molar-refractivity contribution in [3.8, 4) is 0 Å². The third-order valence-electron chi connectivity index (χ3n) is 7.45. The SMILES string of the molecule is O=C(c1ccccc1Cl)N1CCN(C(=O)C23CC4CC(CC(C4)C2)C3)CC1. The van der Waals surface area contributed by atoms with Gasteiger partial charge in [0.15, 0.2) is 0 Å². The molecule has 5 aliphatic rings. The van der Waals surface area contributed by atoms with Gasteiger partial charge in [-0.05, 0) is 68.4 Å². The van der Waals surface area contributed by atoms with E-state index in [1.807, 2.05) is 21.9 Å². The van der Waals surface area contributed by atoms with E-state index in [0.29, 0.717) is 42.7 Å². The number of amides is 2. The number of hydrogen-bond acceptors (Lipinski definition) is 2. The first-order chi connectivity index (χ1) is 13.0. The Balaban J connectivity index is 1.25. The van der Waals surface area contributed by atoms with E-state index in [-0.39, 0.29) is 11.3 Å². The summed E-state index contributed by atoms with van der Waals surface area (Å²) in [5.41, 5.74) is 0.476. The van der Waals surface area contributed by atoms with E-state index < -0.39 is 0 Å². The molecule has 4 aliphatic carbocycles. The van der Waals surface area contributed by atoms with Gasteiger partial charge in [0.05, 0.1) is 16.0 Å². The Hall–Kier alpha value is -1.55. The molecule has 27 heavy (non-hydrogen) atoms. The summed E-state index contributed by atoms with van der Waals surface area (Å²) in [7, 11) is 0. The van der Waals surface area contributed by atoms with Crippen molar-refractivity contribution in [3.05, 3.63) is 34.9 Å². The molecule has 4 bridgehead atoms. The van der Waals surface area contributed by atoms with Gasteiger partial charge in [0.2, 0.25) is 5.91 Å². The zero-order chi connectivity index (χ0) is 18.6. The quantitative estimate of drug-likeness (QED) is 0.774. The maximum absolute atomic E-state index is 13.5. The Morgan fingerprint density at radius 1 is 0.852 bits per heavy atom. The van der Waals surface area contributed by atoms with E-state index in [1.165, 1.54) is 19.3 Å². The van der Waals surface area contributed by atoms with E-state index in [9.17, 15) is 9.59 Å². The summed E-state index contributed by atoms with van der Waals surface area (Å²) in [5.74, 6) is 2.70. The fourth-order valence-electron chi connectivity index (χ4n) is 6.63. The van der Waals surface area contributed by atoms with Crippen molar-refractivity contribution in [2.24, 2.45) is 23.2 Å². The molecule has 6 rings (SSSR count). The van der Waals surface area contributed by atoms with Gasteiger partial charge in [-0.25, -0.2) is 0 Å². The zero-order valence-corrected chi connectivity index (χ0v) is 16.5. The lowest BCUT2D eigenvalue weighted by Gasteiger charge is -2.57. The number of carbonyl (C=O) groups excluding carboxylic acids is 2. The molecule has 5 heteroatoms. The van der Waals surface area contributed by atoms with Gasteiger partial charge in [-0.1, -0.05) is 23.7 Å². The van der Waals surface area contributed by atoms with Crippen LogP contribution in [0, 0.1) is 23.2 Å². The first-order valence-corrected chi connectivity index (χ1v) is 10.7. The number of nitrogens with zero attached hydrogens (tertiary/aromatic N) is 2. The van der Waals surface area contributed by atoms with E-state index in [4.69, 9.17) is 11.6 Å². The summed E-state index contributed by atoms with van der Waals surface area (Å²) in [6.07, 6.45) is 7.38. The number of benzene rings is 1. The lowest BCUT2D eigenvalue weighted by atomic mass is 9.49. The molecule has 0 radical (unpaired) electrons. The normalized spacial score (nSPS) is 34.8. The number of halogens is 1. The number of rotatable bonds is 2. The predicted molar refractivity (Wildman–Crippen MR) is 105 cm³/mol. The molecule has 1 heterocycles. The van der Waals surface area contributed by atoms with Crippen molar-refractivity contribution >= 4 is 23.4 Å². The molecule has 4 saturated carbocycles. The van der Waals surface area contributed by atoms with Crippen LogP contribution in [0.25, 0.3) is 0 Å². The monoisotopic (exact) mass is 386 g/mol. The first-order valence-electron chi connectivity index (χ1n) is 10.4. The van der Waals surface area contributed by atoms with Gasteiger partial charge in [-0.3, -0.25) is 9.59 Å². The molecule has 2 amide bonds. The first kappa shape index (κ1) is 17.5. The van der Waals surface area contributed by atoms with E-state index in [2.05, 4.69) is 0 Å². The largest absolute Gasteiger partial charge is 0.339 e. The highest BCUT2D eigenvalue weighted by atomic mass is 35.5. The van der Waals surface area contributed by atoms with Crippen LogP contribution < -0.4 is 0 Å². The number of carbonyl (C=O) groups is 2. The molecule has 0 spiro atoms. The molecule has 144 valence electrons. The minimum absolute atomic E-state index is 0.0255. The fourth-order valence-corrected chi connectivity index (χ4v) is 6.84. The molecule has 1 aromatic carbocycles. The maximum atomic E-state index is 13.5. The van der Waals surface area contributed by atoms with Crippen LogP contribution in [0.4, 0.5) is 0 Å². The summed E-state index contributed by atoms with van der Waals surface area (Å²) in [5, 5.41) is 0.495. The summed E-state index contributed by atoms with van der Waals surface area (Å²) in [4.78, 5) is 30.1. The van der Waals surface area contributed by atoms with Crippen LogP contribution in [-0.2, 0) is 4.79 Å². The minimum atomic E-state index is -0.0797. The van der Waals surface area contributed by atoms with Gasteiger partial charge in [-0.2, -0.15) is 0 Å². The summed E-state index contributed by atoms with van der Waals surface area (Å²) >= 11 is 6.18. The maximum Gasteiger partial charge on any atom is 0.255 e. The molecular formula is C22H27ClN2O2. The van der Waals surface area contributed by atoms with E-state index in [1.54, 1.807) is 12.1 Å². The van der Waals surface area contributed by atoms with Crippen LogP contribution in [0.15, 0.2) is 24.3 Å². The van der Waals surface area contributed by atoms with Crippen molar-refractivity contribution < 1.29 is 9.59 Å². The fraction of sp³-hybridized carbons (Fsp3) is 0.636. The van der Waals surface area contributed by atoms with Gasteiger partial charge >= 0.3 is 0 Å². The number of piperazine rings is 1. The highest BCUT2D eigenvalue weighted by molar-refractivity contribution is 6.33. The van der Waals surface area contributed by atoms with Gasteiger partial charge in [0.1, 0.15) is 0 Å². The van der Waals surface area contributed by atoms with Gasteiger partial charge in [-0.15, -0.1) is 0 Å². The van der Waals surface area contributed by atoms with Crippen molar-refractivity contribution in [3.63, 3.8) is 0 Å². The van der Waals surface area contributed by atoms with Crippen LogP contribution in [0.5, 0.6) is 0 Å². The van der Waals surface area contributed by atoms with Crippen molar-refractivity contribution in [1.82, 2.24) is 9.80 Å². The van der Waals surface area contributed by atoms with Crippen molar-refractivity contribution in [2.45, 2.75) is 38.5 Å². The topological polar surface area (TPSA) is 40.6 Å². The van der Waals surface area contributed by atoms with Gasteiger partial charge < -0.3 is 9.80 Å². The van der Waals surface area contributed by atoms with Crippen LogP contribution >= 0.6 is 11.6 Å². The van der Waals surface area contributed by atoms with E-state index >= 15 is 0 Å². The van der Waals surface area contributed by atoms with Crippen LogP contribution in [0.3, 0.4) is 0 Å². The molecule has 0 N–H and O–H groups in total. The zero-order valence-electron chi connectivity index (χ0n) is 15.7. The lowest BCUT2D eigenvalue weighted by Crippen LogP contribution is -2.58. The average Bonchev–Trinajstić information content (AvgIpc) is 2.66. The Labute approximate surface area is 165 Å². The smallest absolute Gasteiger partial charge is 0.255 e. The Bertz CT molecular complexity index is 734. The second-order valence-electron chi connectivity index (χ2n) is 9.26. The van der Waals surface area contributed by atoms with Crippen molar-refractivity contribution in [2.75, 3.05) is 26.2 Å². The average molecular weight is 387 g/mol. The second-order valence-corrected chi connectivity index (χ2v) is 9.67. The summed E-state index contributed by atoms with van der Waals surface area (Å²) < 4.78 is 0. The van der Waals surface area contributed by atoms with Crippen LogP contribution in [0.2, 0.25) is 5.02 Å². The molecule has 0 aromatic heterocycles. The standard InChI is InChI=1S/C22H27ClN2O2/c23-19-4-2-1-3-18(19)20(26)24-5-7-25(8-6-24)21(27)22-12-15-9-16(13-22)11-17(10-15)14-22/h1-4,15-17H,5-14H2. The molecule has 1 aliphatic heterocycles. The second kappa shape index (κ2) is 6.51. The minimum Gasteiger partial charge on any atom is -0.339 e. The Kier molecular flexibility index (Phi) is 4.23. The lowest BCUT2D eigenvalue weighted by molar-refractivity contribution is -0.159. The third kappa shape index (κ3) is 2.97. The Morgan fingerprint density at radius 3 is 1.93 bits per heavy atom. The van der Waals surface area contributed by atoms with Gasteiger partial charge in [0, 0.05) is 26.2 Å². The molecule has 1 saturated heterocycles. The predicted octanol–water partition coefficient (Wildman–Crippen LogP) is 3.84. The van der Waals surface area contributed by atoms with Crippen LogP contribution in [-0.4, -0.2) is 47.8 Å². The molecule has 1 aromatic rings. The molecule has 0 atom stereocenters. The molecule has 0 unspecified atom stereocenters. The van der Waals surface area contributed by atoms with Crippen LogP contribution in [0.1, 0.15) is 48.9 Å². The number of hydrogen-bond donors (Lipinski definition) is 0. The van der Waals surface area contributed by atoms with E-state index in [0.717, 1.165) is 37.0 Å². The molecule has 5 fully saturated rings. The molecular weight excluding hydrogens is 360 g/mol. The van der Waals surface area contributed by atoms with Gasteiger partial charge in [0.25, 0.3) is 5.91 Å². The summed E-state index contributed by atoms with van der Waals surface area (Å²) in [6.45, 7) is 2.50.